The molecule has 0 saturated heterocycles. The topological polar surface area (TPSA) is 72.8 Å². The Balaban J connectivity index is 2.17. The zero-order valence-corrected chi connectivity index (χ0v) is 13.7. The maximum absolute atomic E-state index is 12.4. The number of esters is 1. The number of benzene rings is 2. The summed E-state index contributed by atoms with van der Waals surface area (Å²) in [4.78, 5) is 23.6. The van der Waals surface area contributed by atoms with E-state index in [9.17, 15) is 9.59 Å². The predicted molar refractivity (Wildman–Crippen MR) is 89.8 cm³/mol. The molecule has 0 heterocycles. The summed E-state index contributed by atoms with van der Waals surface area (Å²) in [5.74, 6) is -0.877. The van der Waals surface area contributed by atoms with Crippen LogP contribution >= 0.6 is 0 Å². The van der Waals surface area contributed by atoms with Crippen LogP contribution < -0.4 is 9.47 Å². The molecule has 0 bridgehead atoms. The number of aromatic carboxylic acids is 1. The van der Waals surface area contributed by atoms with E-state index in [1.165, 1.54) is 12.1 Å². The number of carboxylic acids is 1. The van der Waals surface area contributed by atoms with E-state index >= 15 is 0 Å². The average Bonchev–Trinajstić information content (AvgIpc) is 2.55. The van der Waals surface area contributed by atoms with Gasteiger partial charge in [-0.05, 0) is 36.6 Å². The molecule has 0 aliphatic rings. The van der Waals surface area contributed by atoms with Crippen LogP contribution in [0.25, 0.3) is 0 Å². The molecule has 2 aromatic carbocycles. The van der Waals surface area contributed by atoms with Crippen LogP contribution in [-0.2, 0) is 0 Å². The second-order valence-corrected chi connectivity index (χ2v) is 5.72. The number of carboxylic acid groups (broad SMARTS) is 1. The van der Waals surface area contributed by atoms with Gasteiger partial charge >= 0.3 is 11.9 Å². The van der Waals surface area contributed by atoms with Crippen LogP contribution in [0.15, 0.2) is 48.5 Å². The van der Waals surface area contributed by atoms with E-state index in [-0.39, 0.29) is 16.9 Å². The Bertz CT molecular complexity index is 721. The van der Waals surface area contributed by atoms with Crippen molar-refractivity contribution in [2.45, 2.75) is 20.3 Å². The molecule has 0 aliphatic heterocycles. The molecule has 1 N–H and O–H groups in total. The number of carbonyl (C=O) groups is 2. The zero-order chi connectivity index (χ0) is 17.5. The third kappa shape index (κ3) is 4.59. The van der Waals surface area contributed by atoms with Gasteiger partial charge in [0.1, 0.15) is 22.6 Å². The monoisotopic (exact) mass is 328 g/mol. The van der Waals surface area contributed by atoms with E-state index in [2.05, 4.69) is 13.8 Å². The van der Waals surface area contributed by atoms with E-state index in [0.717, 1.165) is 6.42 Å². The molecule has 5 nitrogen and oxygen atoms in total. The fourth-order valence-corrected chi connectivity index (χ4v) is 2.05. The minimum atomic E-state index is -1.15. The van der Waals surface area contributed by atoms with Crippen LogP contribution in [0.5, 0.6) is 11.5 Å². The van der Waals surface area contributed by atoms with E-state index in [1.54, 1.807) is 36.4 Å². The van der Waals surface area contributed by atoms with E-state index in [4.69, 9.17) is 14.6 Å². The van der Waals surface area contributed by atoms with Gasteiger partial charge in [0, 0.05) is 0 Å². The van der Waals surface area contributed by atoms with E-state index < -0.39 is 11.9 Å². The van der Waals surface area contributed by atoms with Crippen molar-refractivity contribution >= 4 is 11.9 Å². The van der Waals surface area contributed by atoms with Crippen molar-refractivity contribution in [3.05, 3.63) is 59.7 Å². The first-order valence-corrected chi connectivity index (χ1v) is 7.75. The van der Waals surface area contributed by atoms with Gasteiger partial charge in [-0.25, -0.2) is 9.59 Å². The highest BCUT2D eigenvalue weighted by atomic mass is 16.5. The van der Waals surface area contributed by atoms with Crippen molar-refractivity contribution in [3.8, 4) is 11.5 Å². The number of para-hydroxylation sites is 2. The molecule has 0 aliphatic carbocycles. The summed E-state index contributed by atoms with van der Waals surface area (Å²) in [7, 11) is 0. The third-order valence-corrected chi connectivity index (χ3v) is 3.38. The van der Waals surface area contributed by atoms with Crippen LogP contribution in [-0.4, -0.2) is 23.7 Å². The van der Waals surface area contributed by atoms with Gasteiger partial charge in [-0.2, -0.15) is 0 Å². The van der Waals surface area contributed by atoms with Gasteiger partial charge in [0.05, 0.1) is 6.61 Å². The summed E-state index contributed by atoms with van der Waals surface area (Å²) in [6.07, 6.45) is 0.866. The second-order valence-electron chi connectivity index (χ2n) is 5.72. The van der Waals surface area contributed by atoms with Gasteiger partial charge in [0.15, 0.2) is 0 Å². The SMILES string of the molecule is CC(C)CCOc1ccccc1C(=O)Oc1ccccc1C(=O)O. The lowest BCUT2D eigenvalue weighted by atomic mass is 10.1. The molecule has 0 amide bonds. The van der Waals surface area contributed by atoms with Crippen LogP contribution in [0.1, 0.15) is 41.0 Å². The first-order valence-electron chi connectivity index (χ1n) is 7.75. The normalized spacial score (nSPS) is 10.5. The highest BCUT2D eigenvalue weighted by Gasteiger charge is 2.18. The Hall–Kier alpha value is -2.82. The number of hydrogen-bond acceptors (Lipinski definition) is 4. The molecule has 2 aromatic rings. The first kappa shape index (κ1) is 17.5. The van der Waals surface area contributed by atoms with Crippen molar-refractivity contribution in [2.24, 2.45) is 5.92 Å². The molecule has 2 rings (SSSR count). The van der Waals surface area contributed by atoms with Crippen molar-refractivity contribution in [3.63, 3.8) is 0 Å². The lowest BCUT2D eigenvalue weighted by Gasteiger charge is -2.12. The quantitative estimate of drug-likeness (QED) is 0.613. The van der Waals surface area contributed by atoms with Crippen LogP contribution in [0.2, 0.25) is 0 Å². The molecular weight excluding hydrogens is 308 g/mol. The fourth-order valence-electron chi connectivity index (χ4n) is 2.05. The van der Waals surface area contributed by atoms with Gasteiger partial charge in [-0.3, -0.25) is 0 Å². The van der Waals surface area contributed by atoms with Gasteiger partial charge in [0.2, 0.25) is 0 Å². The molecule has 126 valence electrons. The summed E-state index contributed by atoms with van der Waals surface area (Å²) in [5, 5.41) is 9.16. The summed E-state index contributed by atoms with van der Waals surface area (Å²) >= 11 is 0. The Morgan fingerprint density at radius 2 is 1.54 bits per heavy atom. The van der Waals surface area contributed by atoms with Gasteiger partial charge < -0.3 is 14.6 Å². The molecule has 5 heteroatoms. The molecule has 0 spiro atoms. The summed E-state index contributed by atoms with van der Waals surface area (Å²) < 4.78 is 10.9. The van der Waals surface area contributed by atoms with Crippen LogP contribution in [0.4, 0.5) is 0 Å². The van der Waals surface area contributed by atoms with Gasteiger partial charge in [-0.15, -0.1) is 0 Å². The lowest BCUT2D eigenvalue weighted by Crippen LogP contribution is -2.13. The maximum Gasteiger partial charge on any atom is 0.347 e. The van der Waals surface area contributed by atoms with Crippen molar-refractivity contribution in [1.82, 2.24) is 0 Å². The average molecular weight is 328 g/mol. The Morgan fingerprint density at radius 1 is 0.958 bits per heavy atom. The molecular formula is C19H20O5. The number of carbonyl (C=O) groups excluding carboxylic acids is 1. The summed E-state index contributed by atoms with van der Waals surface area (Å²) in [5.41, 5.74) is 0.200. The summed E-state index contributed by atoms with van der Waals surface area (Å²) in [6, 6.07) is 12.8. The van der Waals surface area contributed by atoms with E-state index in [1.807, 2.05) is 0 Å². The molecule has 0 atom stereocenters. The predicted octanol–water partition coefficient (Wildman–Crippen LogP) is 4.03. The Kier molecular flexibility index (Phi) is 5.95. The van der Waals surface area contributed by atoms with Crippen molar-refractivity contribution in [2.75, 3.05) is 6.61 Å². The minimum absolute atomic E-state index is 0.00647. The lowest BCUT2D eigenvalue weighted by molar-refractivity contribution is 0.0680. The molecule has 0 radical (unpaired) electrons. The number of rotatable bonds is 7. The Labute approximate surface area is 140 Å². The first-order chi connectivity index (χ1) is 11.5. The minimum Gasteiger partial charge on any atom is -0.493 e. The van der Waals surface area contributed by atoms with Crippen LogP contribution in [0, 0.1) is 5.92 Å². The molecule has 0 aromatic heterocycles. The number of ether oxygens (including phenoxy) is 2. The number of hydrogen-bond donors (Lipinski definition) is 1. The largest absolute Gasteiger partial charge is 0.493 e. The van der Waals surface area contributed by atoms with Gasteiger partial charge in [-0.1, -0.05) is 38.1 Å². The van der Waals surface area contributed by atoms with Gasteiger partial charge in [0.25, 0.3) is 0 Å². The molecule has 24 heavy (non-hydrogen) atoms. The fraction of sp³-hybridized carbons (Fsp3) is 0.263. The smallest absolute Gasteiger partial charge is 0.347 e. The highest BCUT2D eigenvalue weighted by molar-refractivity contribution is 5.96. The molecule has 0 fully saturated rings. The zero-order valence-electron chi connectivity index (χ0n) is 13.7. The second kappa shape index (κ2) is 8.15. The molecule has 0 unspecified atom stereocenters. The maximum atomic E-state index is 12.4. The van der Waals surface area contributed by atoms with Crippen molar-refractivity contribution in [1.29, 1.82) is 0 Å². The summed E-state index contributed by atoms with van der Waals surface area (Å²) in [6.45, 7) is 4.67. The third-order valence-electron chi connectivity index (χ3n) is 3.38. The highest BCUT2D eigenvalue weighted by Crippen LogP contribution is 2.23. The molecule has 0 saturated carbocycles. The van der Waals surface area contributed by atoms with Crippen LogP contribution in [0.3, 0.4) is 0 Å². The van der Waals surface area contributed by atoms with E-state index in [0.29, 0.717) is 18.3 Å². The van der Waals surface area contributed by atoms with Crippen molar-refractivity contribution < 1.29 is 24.2 Å². The Morgan fingerprint density at radius 3 is 2.17 bits per heavy atom. The standard InChI is InChI=1S/C19H20O5/c1-13(2)11-12-23-16-9-5-4-8-15(16)19(22)24-17-10-6-3-7-14(17)18(20)21/h3-10,13H,11-12H2,1-2H3,(H,20,21).